The number of nitrogens with two attached hydrogens (primary N) is 1. The summed E-state index contributed by atoms with van der Waals surface area (Å²) in [5.41, 5.74) is 5.27. The highest BCUT2D eigenvalue weighted by atomic mass is 32.2. The zero-order valence-corrected chi connectivity index (χ0v) is 11.1. The van der Waals surface area contributed by atoms with Crippen LogP contribution in [-0.4, -0.2) is 25.8 Å². The zero-order valence-electron chi connectivity index (χ0n) is 10.3. The molecular weight excluding hydrogens is 255 g/mol. The van der Waals surface area contributed by atoms with Gasteiger partial charge in [-0.05, 0) is 37.0 Å². The molecule has 1 aliphatic rings. The van der Waals surface area contributed by atoms with Crippen molar-refractivity contribution in [3.05, 3.63) is 24.0 Å². The first-order chi connectivity index (χ1) is 8.45. The Morgan fingerprint density at radius 3 is 2.61 bits per heavy atom. The first-order valence-electron chi connectivity index (χ1n) is 6.00. The Kier molecular flexibility index (Phi) is 3.59. The first-order valence-corrected chi connectivity index (χ1v) is 7.44. The van der Waals surface area contributed by atoms with E-state index < -0.39 is 15.8 Å². The van der Waals surface area contributed by atoms with Gasteiger partial charge in [-0.1, -0.05) is 6.92 Å². The molecule has 1 fully saturated rings. The Hall–Kier alpha value is -1.14. The van der Waals surface area contributed by atoms with E-state index in [2.05, 4.69) is 0 Å². The van der Waals surface area contributed by atoms with Gasteiger partial charge < -0.3 is 5.73 Å². The number of benzene rings is 1. The van der Waals surface area contributed by atoms with Crippen molar-refractivity contribution in [1.82, 2.24) is 4.31 Å². The van der Waals surface area contributed by atoms with Crippen LogP contribution in [0.2, 0.25) is 0 Å². The van der Waals surface area contributed by atoms with Gasteiger partial charge in [0.15, 0.2) is 0 Å². The van der Waals surface area contributed by atoms with Crippen LogP contribution in [0.1, 0.15) is 19.8 Å². The molecule has 1 saturated carbocycles. The molecule has 2 N–H and O–H groups in total. The normalized spacial score (nSPS) is 16.2. The van der Waals surface area contributed by atoms with Crippen molar-refractivity contribution in [1.29, 1.82) is 0 Å². The number of halogens is 1. The molecule has 0 radical (unpaired) electrons. The standard InChI is InChI=1S/C12H17FN2O2S/c1-2-15(8-9-3-4-9)18(16,17)10-5-6-11(13)12(14)7-10/h5-7,9H,2-4,8,14H2,1H3. The summed E-state index contributed by atoms with van der Waals surface area (Å²) in [7, 11) is -3.56. The van der Waals surface area contributed by atoms with Crippen LogP contribution in [0, 0.1) is 11.7 Å². The smallest absolute Gasteiger partial charge is 0.243 e. The molecular formula is C12H17FN2O2S. The van der Waals surface area contributed by atoms with Gasteiger partial charge in [0.05, 0.1) is 10.6 Å². The van der Waals surface area contributed by atoms with Gasteiger partial charge in [-0.25, -0.2) is 12.8 Å². The fourth-order valence-corrected chi connectivity index (χ4v) is 3.38. The van der Waals surface area contributed by atoms with E-state index in [-0.39, 0.29) is 10.6 Å². The number of hydrogen-bond acceptors (Lipinski definition) is 3. The van der Waals surface area contributed by atoms with Crippen molar-refractivity contribution >= 4 is 15.7 Å². The number of rotatable bonds is 5. The van der Waals surface area contributed by atoms with Gasteiger partial charge in [-0.2, -0.15) is 4.31 Å². The monoisotopic (exact) mass is 272 g/mol. The molecule has 0 heterocycles. The Labute approximate surface area is 107 Å². The van der Waals surface area contributed by atoms with Crippen LogP contribution >= 0.6 is 0 Å². The number of hydrogen-bond donors (Lipinski definition) is 1. The van der Waals surface area contributed by atoms with Crippen LogP contribution in [-0.2, 0) is 10.0 Å². The third-order valence-corrected chi connectivity index (χ3v) is 5.05. The summed E-state index contributed by atoms with van der Waals surface area (Å²) in [6, 6.07) is 3.53. The minimum Gasteiger partial charge on any atom is -0.396 e. The van der Waals surface area contributed by atoms with Crippen molar-refractivity contribution in [3.8, 4) is 0 Å². The van der Waals surface area contributed by atoms with Gasteiger partial charge in [0, 0.05) is 13.1 Å². The Morgan fingerprint density at radius 1 is 1.44 bits per heavy atom. The summed E-state index contributed by atoms with van der Waals surface area (Å²) < 4.78 is 39.2. The van der Waals surface area contributed by atoms with Crippen LogP contribution in [0.3, 0.4) is 0 Å². The predicted molar refractivity (Wildman–Crippen MR) is 68.0 cm³/mol. The Morgan fingerprint density at radius 2 is 2.11 bits per heavy atom. The second-order valence-corrected chi connectivity index (χ2v) is 6.52. The summed E-state index contributed by atoms with van der Waals surface area (Å²) in [5.74, 6) is -0.128. The van der Waals surface area contributed by atoms with Crippen molar-refractivity contribution in [2.75, 3.05) is 18.8 Å². The number of anilines is 1. The largest absolute Gasteiger partial charge is 0.396 e. The second kappa shape index (κ2) is 4.85. The van der Waals surface area contributed by atoms with Crippen molar-refractivity contribution < 1.29 is 12.8 Å². The topological polar surface area (TPSA) is 63.4 Å². The first kappa shape index (κ1) is 13.3. The highest BCUT2D eigenvalue weighted by Crippen LogP contribution is 2.31. The lowest BCUT2D eigenvalue weighted by Gasteiger charge is -2.20. The highest BCUT2D eigenvalue weighted by Gasteiger charge is 2.30. The van der Waals surface area contributed by atoms with E-state index in [1.807, 2.05) is 0 Å². The molecule has 4 nitrogen and oxygen atoms in total. The fraction of sp³-hybridized carbons (Fsp3) is 0.500. The predicted octanol–water partition coefficient (Wildman–Crippen LogP) is 1.83. The molecule has 100 valence electrons. The zero-order chi connectivity index (χ0) is 13.3. The molecule has 18 heavy (non-hydrogen) atoms. The summed E-state index contributed by atoms with van der Waals surface area (Å²) >= 11 is 0. The van der Waals surface area contributed by atoms with E-state index in [4.69, 9.17) is 5.73 Å². The maximum atomic E-state index is 13.1. The van der Waals surface area contributed by atoms with Crippen molar-refractivity contribution in [2.45, 2.75) is 24.7 Å². The van der Waals surface area contributed by atoms with Crippen molar-refractivity contribution in [3.63, 3.8) is 0 Å². The summed E-state index contributed by atoms with van der Waals surface area (Å²) in [6.45, 7) is 2.75. The molecule has 0 amide bonds. The second-order valence-electron chi connectivity index (χ2n) is 4.58. The van der Waals surface area contributed by atoms with E-state index in [1.54, 1.807) is 6.92 Å². The molecule has 0 unspecified atom stereocenters. The van der Waals surface area contributed by atoms with Gasteiger partial charge in [0.2, 0.25) is 10.0 Å². The average Bonchev–Trinajstić information content (AvgIpc) is 3.13. The molecule has 1 aromatic rings. The summed E-state index contributed by atoms with van der Waals surface area (Å²) in [5, 5.41) is 0. The van der Waals surface area contributed by atoms with Gasteiger partial charge in [0.25, 0.3) is 0 Å². The Bertz CT molecular complexity index is 541. The summed E-state index contributed by atoms with van der Waals surface area (Å²) in [4.78, 5) is 0.0592. The number of nitrogens with zero attached hydrogens (tertiary/aromatic N) is 1. The third kappa shape index (κ3) is 2.64. The number of nitrogen functional groups attached to an aromatic ring is 1. The molecule has 0 saturated heterocycles. The molecule has 1 aliphatic carbocycles. The van der Waals surface area contributed by atoms with Crippen LogP contribution in [0.5, 0.6) is 0 Å². The SMILES string of the molecule is CCN(CC1CC1)S(=O)(=O)c1ccc(F)c(N)c1. The quantitative estimate of drug-likeness (QED) is 0.832. The maximum Gasteiger partial charge on any atom is 0.243 e. The molecule has 1 aromatic carbocycles. The van der Waals surface area contributed by atoms with E-state index in [9.17, 15) is 12.8 Å². The van der Waals surface area contributed by atoms with Crippen LogP contribution in [0.15, 0.2) is 23.1 Å². The van der Waals surface area contributed by atoms with E-state index in [1.165, 1.54) is 16.4 Å². The minimum absolute atomic E-state index is 0.0592. The molecule has 0 bridgehead atoms. The molecule has 0 aromatic heterocycles. The highest BCUT2D eigenvalue weighted by molar-refractivity contribution is 7.89. The number of sulfonamides is 1. The fourth-order valence-electron chi connectivity index (χ4n) is 1.82. The minimum atomic E-state index is -3.56. The molecule has 0 aliphatic heterocycles. The van der Waals surface area contributed by atoms with E-state index in [0.29, 0.717) is 19.0 Å². The van der Waals surface area contributed by atoms with Gasteiger partial charge in [-0.3, -0.25) is 0 Å². The van der Waals surface area contributed by atoms with E-state index in [0.717, 1.165) is 18.9 Å². The lowest BCUT2D eigenvalue weighted by molar-refractivity contribution is 0.412. The average molecular weight is 272 g/mol. The molecule has 2 rings (SSSR count). The third-order valence-electron chi connectivity index (χ3n) is 3.12. The van der Waals surface area contributed by atoms with Crippen molar-refractivity contribution in [2.24, 2.45) is 5.92 Å². The Balaban J connectivity index is 2.29. The lowest BCUT2D eigenvalue weighted by Crippen LogP contribution is -2.32. The van der Waals surface area contributed by atoms with Crippen LogP contribution in [0.25, 0.3) is 0 Å². The van der Waals surface area contributed by atoms with Crippen LogP contribution in [0.4, 0.5) is 10.1 Å². The molecule has 0 atom stereocenters. The van der Waals surface area contributed by atoms with Gasteiger partial charge in [-0.15, -0.1) is 0 Å². The van der Waals surface area contributed by atoms with Crippen LogP contribution < -0.4 is 5.73 Å². The van der Waals surface area contributed by atoms with E-state index >= 15 is 0 Å². The molecule has 0 spiro atoms. The maximum absolute atomic E-state index is 13.1. The lowest BCUT2D eigenvalue weighted by atomic mass is 10.3. The molecule has 6 heteroatoms. The summed E-state index contributed by atoms with van der Waals surface area (Å²) in [6.07, 6.45) is 2.16. The van der Waals surface area contributed by atoms with Gasteiger partial charge in [0.1, 0.15) is 5.82 Å². The van der Waals surface area contributed by atoms with Gasteiger partial charge >= 0.3 is 0 Å².